The molecular formula is C16H19N3O. The molecule has 0 radical (unpaired) electrons. The van der Waals surface area contributed by atoms with E-state index in [9.17, 15) is 4.79 Å². The van der Waals surface area contributed by atoms with E-state index >= 15 is 0 Å². The Morgan fingerprint density at radius 3 is 3.05 bits per heavy atom. The normalized spacial score (nSPS) is 19.1. The molecule has 2 heterocycles. The van der Waals surface area contributed by atoms with Gasteiger partial charge in [0.1, 0.15) is 0 Å². The molecule has 0 aliphatic carbocycles. The zero-order valence-electron chi connectivity index (χ0n) is 11.7. The van der Waals surface area contributed by atoms with E-state index in [0.29, 0.717) is 6.04 Å². The Balaban J connectivity index is 1.81. The summed E-state index contributed by atoms with van der Waals surface area (Å²) in [5.74, 6) is 0.163. The van der Waals surface area contributed by atoms with Crippen LogP contribution in [0.2, 0.25) is 0 Å². The minimum absolute atomic E-state index is 0.163. The number of nitrogens with one attached hydrogen (secondary N) is 1. The van der Waals surface area contributed by atoms with E-state index in [-0.39, 0.29) is 5.91 Å². The lowest BCUT2D eigenvalue weighted by Gasteiger charge is -2.33. The molecule has 1 N–H and O–H groups in total. The Labute approximate surface area is 118 Å². The average molecular weight is 269 g/mol. The van der Waals surface area contributed by atoms with Gasteiger partial charge in [-0.25, -0.2) is 0 Å². The highest BCUT2D eigenvalue weighted by Gasteiger charge is 2.21. The number of amides is 1. The van der Waals surface area contributed by atoms with E-state index in [4.69, 9.17) is 0 Å². The number of hydrogen-bond acceptors (Lipinski definition) is 3. The molecule has 1 atom stereocenters. The van der Waals surface area contributed by atoms with Crippen LogP contribution in [0.1, 0.15) is 19.8 Å². The van der Waals surface area contributed by atoms with Crippen molar-refractivity contribution < 1.29 is 4.79 Å². The van der Waals surface area contributed by atoms with E-state index in [1.54, 1.807) is 6.92 Å². The number of nitrogens with zero attached hydrogens (tertiary/aromatic N) is 2. The van der Waals surface area contributed by atoms with Crippen LogP contribution in [0.3, 0.4) is 0 Å². The maximum Gasteiger partial charge on any atom is 0.219 e. The third-order valence-electron chi connectivity index (χ3n) is 3.88. The number of rotatable bonds is 2. The maximum absolute atomic E-state index is 11.5. The molecule has 4 heteroatoms. The molecule has 0 saturated carbocycles. The predicted molar refractivity (Wildman–Crippen MR) is 80.6 cm³/mol. The van der Waals surface area contributed by atoms with Gasteiger partial charge in [0.25, 0.3) is 0 Å². The van der Waals surface area contributed by atoms with Crippen molar-refractivity contribution in [3.8, 4) is 0 Å². The van der Waals surface area contributed by atoms with Gasteiger partial charge in [0.05, 0.1) is 5.52 Å². The zero-order valence-corrected chi connectivity index (χ0v) is 11.7. The molecule has 1 aromatic heterocycles. The van der Waals surface area contributed by atoms with Crippen molar-refractivity contribution in [2.75, 3.05) is 18.4 Å². The van der Waals surface area contributed by atoms with Crippen LogP contribution in [0.4, 0.5) is 5.69 Å². The standard InChI is InChI=1S/C16H19N3O/c1-12(20)19-10-4-5-13(11-19)18-16-8-9-17-15-7-3-2-6-14(15)16/h2-3,6-9,13H,4-5,10-11H2,1H3,(H,17,18). The molecule has 1 aromatic carbocycles. The van der Waals surface area contributed by atoms with Gasteiger partial charge in [0.2, 0.25) is 5.91 Å². The van der Waals surface area contributed by atoms with Crippen molar-refractivity contribution in [2.45, 2.75) is 25.8 Å². The highest BCUT2D eigenvalue weighted by atomic mass is 16.2. The Hall–Kier alpha value is -2.10. The van der Waals surface area contributed by atoms with Gasteiger partial charge in [-0.05, 0) is 25.0 Å². The van der Waals surface area contributed by atoms with Crippen molar-refractivity contribution in [2.24, 2.45) is 0 Å². The van der Waals surface area contributed by atoms with Crippen molar-refractivity contribution in [1.82, 2.24) is 9.88 Å². The summed E-state index contributed by atoms with van der Waals surface area (Å²) >= 11 is 0. The second-order valence-corrected chi connectivity index (χ2v) is 5.32. The molecule has 1 fully saturated rings. The molecule has 4 nitrogen and oxygen atoms in total. The fourth-order valence-corrected chi connectivity index (χ4v) is 2.82. The lowest BCUT2D eigenvalue weighted by molar-refractivity contribution is -0.129. The zero-order chi connectivity index (χ0) is 13.9. The first-order valence-corrected chi connectivity index (χ1v) is 7.10. The molecule has 0 bridgehead atoms. The van der Waals surface area contributed by atoms with Gasteiger partial charge in [-0.15, -0.1) is 0 Å². The second-order valence-electron chi connectivity index (χ2n) is 5.32. The van der Waals surface area contributed by atoms with Crippen LogP contribution in [0, 0.1) is 0 Å². The summed E-state index contributed by atoms with van der Waals surface area (Å²) in [4.78, 5) is 17.8. The predicted octanol–water partition coefficient (Wildman–Crippen LogP) is 2.66. The van der Waals surface area contributed by atoms with Crippen LogP contribution in [0.5, 0.6) is 0 Å². The molecule has 3 rings (SSSR count). The SMILES string of the molecule is CC(=O)N1CCCC(Nc2ccnc3ccccc23)C1. The maximum atomic E-state index is 11.5. The summed E-state index contributed by atoms with van der Waals surface area (Å²) in [7, 11) is 0. The van der Waals surface area contributed by atoms with Crippen molar-refractivity contribution in [3.05, 3.63) is 36.5 Å². The highest BCUT2D eigenvalue weighted by Crippen LogP contribution is 2.23. The largest absolute Gasteiger partial charge is 0.380 e. The Kier molecular flexibility index (Phi) is 3.54. The van der Waals surface area contributed by atoms with Gasteiger partial charge in [-0.3, -0.25) is 9.78 Å². The highest BCUT2D eigenvalue weighted by molar-refractivity contribution is 5.91. The molecular weight excluding hydrogens is 250 g/mol. The van der Waals surface area contributed by atoms with Crippen LogP contribution < -0.4 is 5.32 Å². The number of carbonyl (C=O) groups excluding carboxylic acids is 1. The fraction of sp³-hybridized carbons (Fsp3) is 0.375. The minimum Gasteiger partial charge on any atom is -0.380 e. The number of para-hydroxylation sites is 1. The topological polar surface area (TPSA) is 45.2 Å². The van der Waals surface area contributed by atoms with Gasteiger partial charge < -0.3 is 10.2 Å². The minimum atomic E-state index is 0.163. The lowest BCUT2D eigenvalue weighted by Crippen LogP contribution is -2.44. The van der Waals surface area contributed by atoms with Gasteiger partial charge >= 0.3 is 0 Å². The second kappa shape index (κ2) is 5.49. The van der Waals surface area contributed by atoms with Crippen molar-refractivity contribution in [3.63, 3.8) is 0 Å². The van der Waals surface area contributed by atoms with E-state index < -0.39 is 0 Å². The fourth-order valence-electron chi connectivity index (χ4n) is 2.82. The third kappa shape index (κ3) is 2.59. The van der Waals surface area contributed by atoms with Crippen molar-refractivity contribution >= 4 is 22.5 Å². The number of fused-ring (bicyclic) bond motifs is 1. The van der Waals surface area contributed by atoms with Crippen molar-refractivity contribution in [1.29, 1.82) is 0 Å². The Morgan fingerprint density at radius 2 is 2.20 bits per heavy atom. The van der Waals surface area contributed by atoms with Crippen LogP contribution >= 0.6 is 0 Å². The van der Waals surface area contributed by atoms with E-state index in [1.807, 2.05) is 35.4 Å². The Bertz CT molecular complexity index is 621. The van der Waals surface area contributed by atoms with E-state index in [2.05, 4.69) is 16.4 Å². The average Bonchev–Trinajstić information content (AvgIpc) is 2.48. The van der Waals surface area contributed by atoms with Gasteiger partial charge in [-0.1, -0.05) is 18.2 Å². The molecule has 1 unspecified atom stereocenters. The first-order chi connectivity index (χ1) is 9.74. The quantitative estimate of drug-likeness (QED) is 0.911. The van der Waals surface area contributed by atoms with Crippen LogP contribution in [0.25, 0.3) is 10.9 Å². The smallest absolute Gasteiger partial charge is 0.219 e. The summed E-state index contributed by atoms with van der Waals surface area (Å²) in [6.07, 6.45) is 3.98. The summed E-state index contributed by atoms with van der Waals surface area (Å²) in [5, 5.41) is 4.71. The van der Waals surface area contributed by atoms with Gasteiger partial charge in [0, 0.05) is 43.3 Å². The summed E-state index contributed by atoms with van der Waals surface area (Å²) in [5.41, 5.74) is 2.10. The number of piperidine rings is 1. The summed E-state index contributed by atoms with van der Waals surface area (Å²) in [6, 6.07) is 10.4. The van der Waals surface area contributed by atoms with Crippen LogP contribution in [-0.2, 0) is 4.79 Å². The first kappa shape index (κ1) is 12.9. The molecule has 1 aliphatic rings. The van der Waals surface area contributed by atoms with E-state index in [0.717, 1.165) is 42.5 Å². The monoisotopic (exact) mass is 269 g/mol. The van der Waals surface area contributed by atoms with Crippen LogP contribution in [0.15, 0.2) is 36.5 Å². The molecule has 1 saturated heterocycles. The molecule has 20 heavy (non-hydrogen) atoms. The number of carbonyl (C=O) groups is 1. The number of aromatic nitrogens is 1. The van der Waals surface area contributed by atoms with Gasteiger partial charge in [-0.2, -0.15) is 0 Å². The number of anilines is 1. The van der Waals surface area contributed by atoms with E-state index in [1.165, 1.54) is 0 Å². The first-order valence-electron chi connectivity index (χ1n) is 7.10. The summed E-state index contributed by atoms with van der Waals surface area (Å²) in [6.45, 7) is 3.31. The number of pyridine rings is 1. The number of benzene rings is 1. The van der Waals surface area contributed by atoms with Crippen LogP contribution in [-0.4, -0.2) is 34.9 Å². The molecule has 1 amide bonds. The Morgan fingerprint density at radius 1 is 1.35 bits per heavy atom. The number of likely N-dealkylation sites (tertiary alicyclic amines) is 1. The molecule has 1 aliphatic heterocycles. The lowest BCUT2D eigenvalue weighted by atomic mass is 10.0. The van der Waals surface area contributed by atoms with Gasteiger partial charge in [0.15, 0.2) is 0 Å². The molecule has 2 aromatic rings. The molecule has 104 valence electrons. The number of hydrogen-bond donors (Lipinski definition) is 1. The summed E-state index contributed by atoms with van der Waals surface area (Å²) < 4.78 is 0. The molecule has 0 spiro atoms. The third-order valence-corrected chi connectivity index (χ3v) is 3.88.